The van der Waals surface area contributed by atoms with Crippen molar-refractivity contribution in [3.63, 3.8) is 0 Å². The number of hydrogen-bond acceptors (Lipinski definition) is 7. The Morgan fingerprint density at radius 3 is 2.40 bits per heavy atom. The predicted molar refractivity (Wildman–Crippen MR) is 160 cm³/mol. The quantitative estimate of drug-likeness (QED) is 0.251. The maximum absolute atomic E-state index is 13.6. The van der Waals surface area contributed by atoms with Gasteiger partial charge in [-0.1, -0.05) is 0 Å². The summed E-state index contributed by atoms with van der Waals surface area (Å²) in [5, 5.41) is 26.3. The molecule has 0 bridgehead atoms. The molecule has 2 fully saturated rings. The Labute approximate surface area is 235 Å². The molecule has 1 amide bonds. The molecule has 0 unspecified atom stereocenters. The van der Waals surface area contributed by atoms with E-state index in [1.165, 1.54) is 12.8 Å². The van der Waals surface area contributed by atoms with Gasteiger partial charge in [0.05, 0.1) is 52.8 Å². The third-order valence-electron chi connectivity index (χ3n) is 8.10. The lowest BCUT2D eigenvalue weighted by Gasteiger charge is -2.35. The first kappa shape index (κ1) is 28.3. The molecule has 1 aliphatic carbocycles. The molecule has 40 heavy (non-hydrogen) atoms. The summed E-state index contributed by atoms with van der Waals surface area (Å²) < 4.78 is 29.1. The number of aliphatic hydroxyl groups excluding tert-OH is 2. The lowest BCUT2D eigenvalue weighted by atomic mass is 9.93. The summed E-state index contributed by atoms with van der Waals surface area (Å²) in [4.78, 5) is 15.9. The third kappa shape index (κ3) is 6.06. The summed E-state index contributed by atoms with van der Waals surface area (Å²) in [7, 11) is -1.76. The van der Waals surface area contributed by atoms with Crippen molar-refractivity contribution in [3.8, 4) is 0 Å². The van der Waals surface area contributed by atoms with Gasteiger partial charge >= 0.3 is 0 Å². The van der Waals surface area contributed by atoms with E-state index in [1.807, 2.05) is 43.8 Å². The van der Waals surface area contributed by atoms with Crippen LogP contribution in [-0.4, -0.2) is 66.7 Å². The fourth-order valence-corrected chi connectivity index (χ4v) is 6.31. The maximum Gasteiger partial charge on any atom is 0.255 e. The van der Waals surface area contributed by atoms with Crippen LogP contribution in [0.1, 0.15) is 49.9 Å². The molecular weight excluding hydrogens is 530 g/mol. The van der Waals surface area contributed by atoms with Crippen molar-refractivity contribution in [1.29, 1.82) is 0 Å². The molecule has 1 saturated heterocycles. The van der Waals surface area contributed by atoms with Crippen LogP contribution in [0.3, 0.4) is 0 Å². The van der Waals surface area contributed by atoms with E-state index in [-0.39, 0.29) is 12.5 Å². The van der Waals surface area contributed by atoms with Crippen LogP contribution in [0, 0.1) is 5.41 Å². The van der Waals surface area contributed by atoms with E-state index in [9.17, 15) is 18.3 Å². The van der Waals surface area contributed by atoms with Crippen LogP contribution in [0.5, 0.6) is 0 Å². The number of aliphatic hydroxyl groups is 2. The first-order chi connectivity index (χ1) is 18.9. The van der Waals surface area contributed by atoms with Gasteiger partial charge in [0.1, 0.15) is 0 Å². The molecule has 0 radical (unpaired) electrons. The minimum Gasteiger partial charge on any atom is -0.395 e. The van der Waals surface area contributed by atoms with E-state index in [2.05, 4.69) is 20.3 Å². The summed E-state index contributed by atoms with van der Waals surface area (Å²) in [5.74, 6) is -0.681. The lowest BCUT2D eigenvalue weighted by molar-refractivity contribution is 0.102. The maximum atomic E-state index is 13.6. The Bertz CT molecular complexity index is 1520. The molecule has 11 heteroatoms. The van der Waals surface area contributed by atoms with E-state index in [0.29, 0.717) is 22.4 Å². The minimum atomic E-state index is -3.69. The molecule has 5 N–H and O–H groups in total. The number of anilines is 4. The predicted octanol–water partition coefficient (Wildman–Crippen LogP) is 3.73. The highest BCUT2D eigenvalue weighted by molar-refractivity contribution is 7.92. The zero-order valence-corrected chi connectivity index (χ0v) is 24.1. The molecule has 5 rings (SSSR count). The number of carbonyl (C=O) groups excluding carboxylic acids is 1. The number of rotatable bonds is 10. The van der Waals surface area contributed by atoms with E-state index < -0.39 is 27.9 Å². The van der Waals surface area contributed by atoms with Crippen LogP contribution in [-0.2, 0) is 17.1 Å². The largest absolute Gasteiger partial charge is 0.395 e. The molecule has 2 aliphatic rings. The number of benzene rings is 2. The molecule has 1 aliphatic heterocycles. The van der Waals surface area contributed by atoms with Gasteiger partial charge < -0.3 is 30.3 Å². The number of nitrogens with one attached hydrogen (secondary N) is 3. The molecule has 1 spiro atoms. The molecule has 10 nitrogen and oxygen atoms in total. The van der Waals surface area contributed by atoms with Gasteiger partial charge in [-0.3, -0.25) is 9.52 Å². The first-order valence-corrected chi connectivity index (χ1v) is 15.4. The van der Waals surface area contributed by atoms with Crippen molar-refractivity contribution < 1.29 is 23.4 Å². The zero-order valence-electron chi connectivity index (χ0n) is 23.3. The van der Waals surface area contributed by atoms with E-state index in [4.69, 9.17) is 5.11 Å². The average Bonchev–Trinajstić information content (AvgIpc) is 3.55. The number of hydrogen-bond donors (Lipinski definition) is 5. The lowest BCUT2D eigenvalue weighted by Crippen LogP contribution is -2.35. The highest BCUT2D eigenvalue weighted by Crippen LogP contribution is 2.54. The summed E-state index contributed by atoms with van der Waals surface area (Å²) in [6, 6.07) is 10.7. The molecule has 2 heterocycles. The van der Waals surface area contributed by atoms with Crippen molar-refractivity contribution in [2.75, 3.05) is 52.3 Å². The molecular formula is C29H39N5O5S. The van der Waals surface area contributed by atoms with E-state index in [0.717, 1.165) is 48.2 Å². The van der Waals surface area contributed by atoms with Gasteiger partial charge in [-0.25, -0.2) is 8.42 Å². The van der Waals surface area contributed by atoms with Crippen LogP contribution in [0.4, 0.5) is 22.7 Å². The molecule has 0 atom stereocenters. The number of sulfonamides is 1. The number of amides is 1. The minimum absolute atomic E-state index is 0.0791. The standard InChI is InChI=1S/C29H39N5O5S/c1-28(2,19-36)31-24-17-21(16-20-6-11-33(3)26(20)24)27(37)30-23-5-4-22(32-40(38,39)15-14-35)18-25(23)34-12-9-29(7-8-29)10-13-34/h4-6,11,16-18,31-32,35-36H,7-10,12-15,19H2,1-3H3,(H,30,37). The number of nitrogens with zero attached hydrogens (tertiary/aromatic N) is 2. The molecule has 216 valence electrons. The normalized spacial score (nSPS) is 16.8. The summed E-state index contributed by atoms with van der Waals surface area (Å²) >= 11 is 0. The second kappa shape index (κ2) is 10.6. The molecule has 2 aromatic carbocycles. The van der Waals surface area contributed by atoms with Crippen molar-refractivity contribution in [2.24, 2.45) is 12.5 Å². The van der Waals surface area contributed by atoms with Crippen molar-refractivity contribution in [3.05, 3.63) is 48.2 Å². The van der Waals surface area contributed by atoms with E-state index in [1.54, 1.807) is 24.3 Å². The Morgan fingerprint density at radius 2 is 1.75 bits per heavy atom. The zero-order chi connectivity index (χ0) is 28.7. The van der Waals surface area contributed by atoms with Crippen molar-refractivity contribution >= 4 is 49.6 Å². The Morgan fingerprint density at radius 1 is 1.02 bits per heavy atom. The van der Waals surface area contributed by atoms with Crippen LogP contribution in [0.2, 0.25) is 0 Å². The van der Waals surface area contributed by atoms with Crippen molar-refractivity contribution in [2.45, 2.75) is 45.1 Å². The highest BCUT2D eigenvalue weighted by Gasteiger charge is 2.44. The number of aromatic nitrogens is 1. The molecule has 1 saturated carbocycles. The highest BCUT2D eigenvalue weighted by atomic mass is 32.2. The van der Waals surface area contributed by atoms with Gasteiger partial charge in [-0.15, -0.1) is 0 Å². The first-order valence-electron chi connectivity index (χ1n) is 13.7. The average molecular weight is 570 g/mol. The van der Waals surface area contributed by atoms with Crippen LogP contribution in [0.25, 0.3) is 10.9 Å². The Hall–Kier alpha value is -3.28. The fraction of sp³-hybridized carbons (Fsp3) is 0.483. The molecule has 3 aromatic rings. The van der Waals surface area contributed by atoms with Crippen molar-refractivity contribution in [1.82, 2.24) is 4.57 Å². The van der Waals surface area contributed by atoms with Gasteiger partial charge in [-0.05, 0) is 81.3 Å². The number of carbonyl (C=O) groups is 1. The SMILES string of the molecule is Cn1ccc2cc(C(=O)Nc3ccc(NS(=O)(=O)CCO)cc3N3CCC4(CC3)CC4)cc(NC(C)(C)CO)c21. The molecule has 1 aromatic heterocycles. The van der Waals surface area contributed by atoms with Gasteiger partial charge in [0, 0.05) is 37.3 Å². The number of piperidine rings is 1. The second-order valence-electron chi connectivity index (χ2n) is 11.9. The summed E-state index contributed by atoms with van der Waals surface area (Å²) in [6.07, 6.45) is 6.59. The van der Waals surface area contributed by atoms with Crippen LogP contribution in [0.15, 0.2) is 42.6 Å². The monoisotopic (exact) mass is 569 g/mol. The summed E-state index contributed by atoms with van der Waals surface area (Å²) in [6.45, 7) is 4.89. The van der Waals surface area contributed by atoms with Gasteiger partial charge in [0.2, 0.25) is 10.0 Å². The third-order valence-corrected chi connectivity index (χ3v) is 9.37. The smallest absolute Gasteiger partial charge is 0.255 e. The number of aryl methyl sites for hydroxylation is 1. The van der Waals surface area contributed by atoms with E-state index >= 15 is 0 Å². The summed E-state index contributed by atoms with van der Waals surface area (Å²) in [5.41, 5.74) is 3.74. The van der Waals surface area contributed by atoms with Crippen LogP contribution >= 0.6 is 0 Å². The number of fused-ring (bicyclic) bond motifs is 1. The van der Waals surface area contributed by atoms with Gasteiger partial charge in [0.15, 0.2) is 0 Å². The fourth-order valence-electron chi connectivity index (χ4n) is 5.48. The Kier molecular flexibility index (Phi) is 7.49. The second-order valence-corrected chi connectivity index (χ2v) is 13.7. The van der Waals surface area contributed by atoms with Crippen LogP contribution < -0.4 is 20.3 Å². The topological polar surface area (TPSA) is 136 Å². The Balaban J connectivity index is 1.46. The van der Waals surface area contributed by atoms with Gasteiger partial charge in [0.25, 0.3) is 5.91 Å². The van der Waals surface area contributed by atoms with Gasteiger partial charge in [-0.2, -0.15) is 0 Å².